The third-order valence-electron chi connectivity index (χ3n) is 7.73. The van der Waals surface area contributed by atoms with E-state index in [1.807, 2.05) is 0 Å². The average Bonchev–Trinajstić information content (AvgIpc) is 3.07. The Morgan fingerprint density at radius 1 is 0.755 bits per heavy atom. The Morgan fingerprint density at radius 2 is 1.37 bits per heavy atom. The first-order valence-electron chi connectivity index (χ1n) is 14.8. The van der Waals surface area contributed by atoms with Crippen LogP contribution in [0.5, 0.6) is 0 Å². The van der Waals surface area contributed by atoms with Gasteiger partial charge in [-0.2, -0.15) is 13.2 Å². The number of halogens is 3. The lowest BCUT2D eigenvalue weighted by molar-refractivity contribution is -0.164. The highest BCUT2D eigenvalue weighted by Gasteiger charge is 2.50. The maximum atomic E-state index is 13.5. The van der Waals surface area contributed by atoms with Crippen LogP contribution in [-0.2, 0) is 37.1 Å². The lowest BCUT2D eigenvalue weighted by atomic mass is 9.81. The molecule has 254 valence electrons. The number of esters is 1. The number of carboxylic acid groups (broad SMARTS) is 2. The second-order valence-corrected chi connectivity index (χ2v) is 11.2. The summed E-state index contributed by atoms with van der Waals surface area (Å²) in [5.41, 5.74) is -1.85. The van der Waals surface area contributed by atoms with Crippen LogP contribution >= 0.6 is 0 Å². The molecule has 4 aromatic rings. The van der Waals surface area contributed by atoms with Crippen LogP contribution in [0.1, 0.15) is 43.8 Å². The molecule has 0 atom stereocenters. The lowest BCUT2D eigenvalue weighted by Gasteiger charge is -2.25. The number of nitrogens with zero attached hydrogens (tertiary/aromatic N) is 1. The van der Waals surface area contributed by atoms with Crippen LogP contribution < -0.4 is 5.32 Å². The Morgan fingerprint density at radius 3 is 1.96 bits per heavy atom. The highest BCUT2D eigenvalue weighted by Crippen LogP contribution is 2.32. The van der Waals surface area contributed by atoms with E-state index < -0.39 is 53.5 Å². The Balaban J connectivity index is 1.52. The van der Waals surface area contributed by atoms with E-state index >= 15 is 0 Å². The third kappa shape index (κ3) is 8.12. The number of rotatable bonds is 12. The first-order valence-corrected chi connectivity index (χ1v) is 14.8. The molecule has 4 aromatic carbocycles. The van der Waals surface area contributed by atoms with Crippen LogP contribution in [-0.4, -0.2) is 65.5 Å². The molecule has 0 bridgehead atoms. The first-order chi connectivity index (χ1) is 23.1. The summed E-state index contributed by atoms with van der Waals surface area (Å²) >= 11 is 0. The Hall–Kier alpha value is -5.98. The van der Waals surface area contributed by atoms with Gasteiger partial charge in [0.05, 0.1) is 16.8 Å². The minimum Gasteiger partial charge on any atom is -0.480 e. The van der Waals surface area contributed by atoms with Crippen LogP contribution in [0.25, 0.3) is 11.1 Å². The lowest BCUT2D eigenvalue weighted by Crippen LogP contribution is -2.48. The van der Waals surface area contributed by atoms with Gasteiger partial charge >= 0.3 is 24.1 Å². The summed E-state index contributed by atoms with van der Waals surface area (Å²) in [7, 11) is 3.00. The number of benzene rings is 4. The molecule has 2 amide bonds. The first kappa shape index (κ1) is 35.9. The van der Waals surface area contributed by atoms with Gasteiger partial charge in [-0.1, -0.05) is 66.7 Å². The number of aryl methyl sites for hydroxylation is 1. The molecular formula is C36H31F3N2O8. The number of hydrogen-bond donors (Lipinski definition) is 3. The number of hydrogen-bond acceptors (Lipinski definition) is 6. The summed E-state index contributed by atoms with van der Waals surface area (Å²) in [6.07, 6.45) is -4.78. The fourth-order valence-corrected chi connectivity index (χ4v) is 5.01. The molecule has 10 nitrogen and oxygen atoms in total. The molecule has 0 aliphatic carbocycles. The summed E-state index contributed by atoms with van der Waals surface area (Å²) in [4.78, 5) is 64.7. The minimum atomic E-state index is -4.52. The zero-order valence-corrected chi connectivity index (χ0v) is 26.3. The van der Waals surface area contributed by atoms with Crippen molar-refractivity contribution in [1.82, 2.24) is 4.90 Å². The van der Waals surface area contributed by atoms with Gasteiger partial charge in [-0.15, -0.1) is 0 Å². The maximum Gasteiger partial charge on any atom is 0.416 e. The second kappa shape index (κ2) is 14.8. The molecule has 13 heteroatoms. The van der Waals surface area contributed by atoms with Gasteiger partial charge in [0.25, 0.3) is 11.8 Å². The van der Waals surface area contributed by atoms with Crippen molar-refractivity contribution in [3.8, 4) is 11.1 Å². The van der Waals surface area contributed by atoms with E-state index in [1.165, 1.54) is 73.6 Å². The van der Waals surface area contributed by atoms with Gasteiger partial charge < -0.3 is 25.2 Å². The number of carbonyl (C=O) groups is 5. The van der Waals surface area contributed by atoms with Crippen molar-refractivity contribution in [3.63, 3.8) is 0 Å². The molecule has 0 heterocycles. The molecule has 0 aliphatic heterocycles. The number of nitrogens with one attached hydrogen (secondary N) is 1. The van der Waals surface area contributed by atoms with E-state index in [2.05, 4.69) is 5.32 Å². The summed E-state index contributed by atoms with van der Waals surface area (Å²) in [5.74, 6) is -5.39. The molecule has 0 spiro atoms. The predicted octanol–water partition coefficient (Wildman–Crippen LogP) is 5.91. The van der Waals surface area contributed by atoms with Crippen LogP contribution in [0.15, 0.2) is 97.1 Å². The van der Waals surface area contributed by atoms with Gasteiger partial charge in [-0.05, 0) is 59.0 Å². The average molecular weight is 677 g/mol. The van der Waals surface area contributed by atoms with E-state index in [1.54, 1.807) is 30.3 Å². The predicted molar refractivity (Wildman–Crippen MR) is 172 cm³/mol. The zero-order valence-electron chi connectivity index (χ0n) is 26.3. The van der Waals surface area contributed by atoms with E-state index in [0.29, 0.717) is 16.7 Å². The van der Waals surface area contributed by atoms with E-state index in [9.17, 15) is 47.4 Å². The number of alkyl halides is 3. The minimum absolute atomic E-state index is 0.0238. The molecule has 4 rings (SSSR count). The molecule has 49 heavy (non-hydrogen) atoms. The molecule has 3 N–H and O–H groups in total. The topological polar surface area (TPSA) is 150 Å². The number of carboxylic acids is 2. The fourth-order valence-electron chi connectivity index (χ4n) is 5.01. The summed E-state index contributed by atoms with van der Waals surface area (Å²) < 4.78 is 44.4. The smallest absolute Gasteiger partial charge is 0.416 e. The maximum absolute atomic E-state index is 13.5. The SMILES string of the molecule is CN(C)C(=O)c1cc(CCC(=O)OCC(C(=O)O)(C(=O)O)c2ccccc2)ccc1NC(=O)c1ccccc1-c1ccc(C(F)(F)F)cc1. The van der Waals surface area contributed by atoms with Crippen LogP contribution in [0.4, 0.5) is 18.9 Å². The van der Waals surface area contributed by atoms with E-state index in [4.69, 9.17) is 4.74 Å². The summed E-state index contributed by atoms with van der Waals surface area (Å²) in [6.45, 7) is -0.955. The van der Waals surface area contributed by atoms with Gasteiger partial charge in [0.2, 0.25) is 5.41 Å². The van der Waals surface area contributed by atoms with Crippen molar-refractivity contribution < 1.29 is 52.1 Å². The molecule has 0 aromatic heterocycles. The number of ether oxygens (including phenoxy) is 1. The monoisotopic (exact) mass is 676 g/mol. The Labute approximate surface area is 278 Å². The molecule has 0 unspecified atom stereocenters. The van der Waals surface area contributed by atoms with E-state index in [-0.39, 0.29) is 35.2 Å². The Bertz CT molecular complexity index is 1860. The molecule has 0 saturated carbocycles. The Kier molecular flexibility index (Phi) is 10.9. The van der Waals surface area contributed by atoms with Gasteiger partial charge in [0.1, 0.15) is 6.61 Å². The molecular weight excluding hydrogens is 645 g/mol. The van der Waals surface area contributed by atoms with Crippen molar-refractivity contribution >= 4 is 35.4 Å². The van der Waals surface area contributed by atoms with Crippen molar-refractivity contribution in [3.05, 3.63) is 125 Å². The quantitative estimate of drug-likeness (QED) is 0.124. The molecule has 0 fully saturated rings. The number of aliphatic carboxylic acids is 2. The van der Waals surface area contributed by atoms with Gasteiger partial charge in [0, 0.05) is 26.1 Å². The van der Waals surface area contributed by atoms with Crippen molar-refractivity contribution in [2.45, 2.75) is 24.4 Å². The molecule has 0 saturated heterocycles. The third-order valence-corrected chi connectivity index (χ3v) is 7.73. The van der Waals surface area contributed by atoms with Crippen LogP contribution in [0.3, 0.4) is 0 Å². The second-order valence-electron chi connectivity index (χ2n) is 11.2. The largest absolute Gasteiger partial charge is 0.480 e. The van der Waals surface area contributed by atoms with Crippen LogP contribution in [0, 0.1) is 0 Å². The summed E-state index contributed by atoms with van der Waals surface area (Å²) in [5, 5.41) is 22.3. The number of carbonyl (C=O) groups excluding carboxylic acids is 3. The highest BCUT2D eigenvalue weighted by molar-refractivity contribution is 6.12. The van der Waals surface area contributed by atoms with Crippen molar-refractivity contribution in [2.24, 2.45) is 0 Å². The van der Waals surface area contributed by atoms with Gasteiger partial charge in [-0.3, -0.25) is 24.0 Å². The number of anilines is 1. The van der Waals surface area contributed by atoms with Crippen molar-refractivity contribution in [2.75, 3.05) is 26.0 Å². The van der Waals surface area contributed by atoms with Gasteiger partial charge in [0.15, 0.2) is 0 Å². The van der Waals surface area contributed by atoms with E-state index in [0.717, 1.165) is 12.1 Å². The highest BCUT2D eigenvalue weighted by atomic mass is 19.4. The number of amides is 2. The standard InChI is InChI=1S/C36H31F3N2O8/c1-41(2)32(44)28-20-22(13-19-30(42)49-21-35(33(45)46,34(47)48)24-8-4-3-5-9-24)12-18-29(28)40-31(43)27-11-7-6-10-26(27)23-14-16-25(17-15-23)36(37,38)39/h3-12,14-18,20H,13,19,21H2,1-2H3,(H,40,43)(H,45,46)(H,47,48). The molecule has 0 aliphatic rings. The zero-order chi connectivity index (χ0) is 35.9. The molecule has 0 radical (unpaired) electrons. The normalized spacial score (nSPS) is 11.4. The van der Waals surface area contributed by atoms with Crippen LogP contribution in [0.2, 0.25) is 0 Å². The van der Waals surface area contributed by atoms with Gasteiger partial charge in [-0.25, -0.2) is 0 Å². The van der Waals surface area contributed by atoms with Crippen molar-refractivity contribution in [1.29, 1.82) is 0 Å². The fraction of sp³-hybridized carbons (Fsp3) is 0.194. The summed E-state index contributed by atoms with van der Waals surface area (Å²) in [6, 6.07) is 22.3.